The first kappa shape index (κ1) is 28.1. The number of carbonyl (C=O) groups is 2. The van der Waals surface area contributed by atoms with Crippen LogP contribution in [-0.4, -0.2) is 54.6 Å². The largest absolute Gasteiger partial charge is 0.384 e. The molecule has 2 aliphatic heterocycles. The van der Waals surface area contributed by atoms with Crippen molar-refractivity contribution >= 4 is 63.4 Å². The van der Waals surface area contributed by atoms with Crippen LogP contribution >= 0.6 is 23.5 Å². The Morgan fingerprint density at radius 1 is 1.07 bits per heavy atom. The van der Waals surface area contributed by atoms with Crippen LogP contribution in [0.1, 0.15) is 18.1 Å². The molecule has 0 bridgehead atoms. The Bertz CT molecular complexity index is 1610. The SMILES string of the molecule is CCNc1ccc(C#N)cc1N=C1S/C(=C2/Sc3cc(NC(=O)N(C)C)ccc3N2C)C(=O)N1Cc1ccccc1. The average molecular weight is 584 g/mol. The van der Waals surface area contributed by atoms with Crippen LogP contribution in [0.5, 0.6) is 0 Å². The van der Waals surface area contributed by atoms with E-state index in [-0.39, 0.29) is 11.9 Å². The number of hydrogen-bond acceptors (Lipinski definition) is 8. The highest BCUT2D eigenvalue weighted by atomic mass is 32.2. The lowest BCUT2D eigenvalue weighted by Crippen LogP contribution is -2.29. The number of nitrogens with one attached hydrogen (secondary N) is 2. The summed E-state index contributed by atoms with van der Waals surface area (Å²) in [5.41, 5.74) is 4.50. The van der Waals surface area contributed by atoms with Crippen molar-refractivity contribution in [1.29, 1.82) is 5.26 Å². The minimum Gasteiger partial charge on any atom is -0.384 e. The lowest BCUT2D eigenvalue weighted by Gasteiger charge is -2.17. The third-order valence-corrected chi connectivity index (χ3v) is 8.86. The predicted octanol–water partition coefficient (Wildman–Crippen LogP) is 6.26. The van der Waals surface area contributed by atoms with Crippen LogP contribution in [0, 0.1) is 11.3 Å². The van der Waals surface area contributed by atoms with E-state index >= 15 is 0 Å². The van der Waals surface area contributed by atoms with Crippen molar-refractivity contribution in [3.05, 3.63) is 87.8 Å². The van der Waals surface area contributed by atoms with Crippen molar-refractivity contribution in [3.63, 3.8) is 0 Å². The normalized spacial score (nSPS) is 17.0. The van der Waals surface area contributed by atoms with E-state index in [0.717, 1.165) is 26.9 Å². The first-order valence-electron chi connectivity index (χ1n) is 13.0. The van der Waals surface area contributed by atoms with Gasteiger partial charge in [-0.2, -0.15) is 5.26 Å². The lowest BCUT2D eigenvalue weighted by molar-refractivity contribution is -0.122. The zero-order chi connectivity index (χ0) is 29.1. The second-order valence-corrected chi connectivity index (χ2v) is 11.6. The number of thioether (sulfide) groups is 2. The van der Waals surface area contributed by atoms with Crippen molar-refractivity contribution < 1.29 is 9.59 Å². The second-order valence-electron chi connectivity index (χ2n) is 9.55. The van der Waals surface area contributed by atoms with Crippen LogP contribution in [0.25, 0.3) is 0 Å². The molecular formula is C30H29N7O2S2. The number of anilines is 3. The number of fused-ring (bicyclic) bond motifs is 1. The molecule has 208 valence electrons. The Balaban J connectivity index is 1.54. The third-order valence-electron chi connectivity index (χ3n) is 6.44. The molecule has 0 atom stereocenters. The maximum atomic E-state index is 14.0. The highest BCUT2D eigenvalue weighted by molar-refractivity contribution is 8.19. The van der Waals surface area contributed by atoms with Gasteiger partial charge in [-0.15, -0.1) is 0 Å². The molecule has 1 fully saturated rings. The van der Waals surface area contributed by atoms with Gasteiger partial charge >= 0.3 is 6.03 Å². The van der Waals surface area contributed by atoms with Gasteiger partial charge in [-0.25, -0.2) is 9.79 Å². The van der Waals surface area contributed by atoms with Crippen LogP contribution in [-0.2, 0) is 11.3 Å². The summed E-state index contributed by atoms with van der Waals surface area (Å²) in [5, 5.41) is 17.0. The topological polar surface area (TPSA) is 104 Å². The molecule has 3 amide bonds. The van der Waals surface area contributed by atoms with Gasteiger partial charge in [-0.3, -0.25) is 9.69 Å². The fourth-order valence-corrected chi connectivity index (χ4v) is 6.70. The third kappa shape index (κ3) is 5.89. The average Bonchev–Trinajstić information content (AvgIpc) is 3.45. The molecule has 0 aromatic heterocycles. The van der Waals surface area contributed by atoms with E-state index in [1.54, 1.807) is 31.1 Å². The summed E-state index contributed by atoms with van der Waals surface area (Å²) in [6.45, 7) is 3.05. The highest BCUT2D eigenvalue weighted by Gasteiger charge is 2.39. The van der Waals surface area contributed by atoms with Crippen molar-refractivity contribution in [2.45, 2.75) is 18.4 Å². The van der Waals surface area contributed by atoms with Crippen LogP contribution in [0.2, 0.25) is 0 Å². The van der Waals surface area contributed by atoms with Crippen LogP contribution in [0.4, 0.5) is 27.5 Å². The number of amidine groups is 1. The van der Waals surface area contributed by atoms with Gasteiger partial charge in [0.1, 0.15) is 4.91 Å². The number of nitrogens with zero attached hydrogens (tertiary/aromatic N) is 5. The summed E-state index contributed by atoms with van der Waals surface area (Å²) in [6, 6.07) is 22.8. The van der Waals surface area contributed by atoms with Gasteiger partial charge in [0.15, 0.2) is 5.17 Å². The number of urea groups is 1. The summed E-state index contributed by atoms with van der Waals surface area (Å²) in [5.74, 6) is -0.137. The fraction of sp³-hybridized carbons (Fsp3) is 0.200. The van der Waals surface area contributed by atoms with Gasteiger partial charge in [0.05, 0.1) is 40.3 Å². The lowest BCUT2D eigenvalue weighted by atomic mass is 10.2. The van der Waals surface area contributed by atoms with E-state index in [1.165, 1.54) is 28.4 Å². The second kappa shape index (κ2) is 12.0. The van der Waals surface area contributed by atoms with Gasteiger partial charge in [0.2, 0.25) is 0 Å². The van der Waals surface area contributed by atoms with E-state index < -0.39 is 0 Å². The number of carbonyl (C=O) groups excluding carboxylic acids is 2. The summed E-state index contributed by atoms with van der Waals surface area (Å²) < 4.78 is 0. The van der Waals surface area contributed by atoms with Gasteiger partial charge < -0.3 is 20.4 Å². The minimum absolute atomic E-state index is 0.137. The molecular weight excluding hydrogens is 555 g/mol. The first-order chi connectivity index (χ1) is 19.8. The molecule has 0 saturated carbocycles. The number of aliphatic imine (C=N–C) groups is 1. The van der Waals surface area contributed by atoms with E-state index in [2.05, 4.69) is 16.7 Å². The smallest absolute Gasteiger partial charge is 0.321 e. The maximum absolute atomic E-state index is 14.0. The molecule has 2 heterocycles. The summed E-state index contributed by atoms with van der Waals surface area (Å²) in [7, 11) is 5.31. The van der Waals surface area contributed by atoms with Gasteiger partial charge in [-0.1, -0.05) is 42.1 Å². The number of benzene rings is 3. The zero-order valence-electron chi connectivity index (χ0n) is 23.1. The predicted molar refractivity (Wildman–Crippen MR) is 167 cm³/mol. The molecule has 2 N–H and O–H groups in total. The summed E-state index contributed by atoms with van der Waals surface area (Å²) in [6.07, 6.45) is 0. The molecule has 0 radical (unpaired) electrons. The first-order valence-corrected chi connectivity index (χ1v) is 14.6. The molecule has 0 unspecified atom stereocenters. The molecule has 41 heavy (non-hydrogen) atoms. The van der Waals surface area contributed by atoms with Gasteiger partial charge in [0.25, 0.3) is 5.91 Å². The molecule has 3 aromatic carbocycles. The number of rotatable bonds is 6. The maximum Gasteiger partial charge on any atom is 0.321 e. The Morgan fingerprint density at radius 3 is 2.56 bits per heavy atom. The molecule has 3 aromatic rings. The van der Waals surface area contributed by atoms with Crippen LogP contribution in [0.15, 0.2) is 86.6 Å². The van der Waals surface area contributed by atoms with Crippen molar-refractivity contribution in [1.82, 2.24) is 9.80 Å². The Morgan fingerprint density at radius 2 is 1.85 bits per heavy atom. The summed E-state index contributed by atoms with van der Waals surface area (Å²) in [4.78, 5) is 37.8. The molecule has 1 saturated heterocycles. The monoisotopic (exact) mass is 583 g/mol. The zero-order valence-corrected chi connectivity index (χ0v) is 24.8. The fourth-order valence-electron chi connectivity index (χ4n) is 4.33. The van der Waals surface area contributed by atoms with E-state index in [9.17, 15) is 14.9 Å². The number of hydrogen-bond donors (Lipinski definition) is 2. The standard InChI is InChI=1S/C30H29N7O2S2/c1-5-32-22-13-11-20(17-31)15-23(22)34-30-37(18-19-9-7-6-8-10-19)27(38)26(41-30)28-36(4)24-14-12-21(16-25(24)40-28)33-29(39)35(2)3/h6-16,32H,5,18H2,1-4H3,(H,33,39)/b28-26+,34-30?. The minimum atomic E-state index is -0.212. The highest BCUT2D eigenvalue weighted by Crippen LogP contribution is 2.51. The molecule has 9 nitrogen and oxygen atoms in total. The van der Waals surface area contributed by atoms with Crippen molar-refractivity contribution in [2.75, 3.05) is 43.2 Å². The molecule has 0 spiro atoms. The van der Waals surface area contributed by atoms with Crippen LogP contribution < -0.4 is 15.5 Å². The molecule has 5 rings (SSSR count). The molecule has 0 aliphatic carbocycles. The Kier molecular flexibility index (Phi) is 8.23. The van der Waals surface area contributed by atoms with Crippen molar-refractivity contribution in [2.24, 2.45) is 4.99 Å². The number of nitriles is 1. The van der Waals surface area contributed by atoms with Gasteiger partial charge in [0, 0.05) is 38.3 Å². The Labute approximate surface area is 247 Å². The van der Waals surface area contributed by atoms with Gasteiger partial charge in [-0.05, 0) is 60.6 Å². The quantitative estimate of drug-likeness (QED) is 0.330. The molecule has 2 aliphatic rings. The van der Waals surface area contributed by atoms with Crippen molar-refractivity contribution in [3.8, 4) is 6.07 Å². The van der Waals surface area contributed by atoms with E-state index in [4.69, 9.17) is 4.99 Å². The number of amides is 3. The summed E-state index contributed by atoms with van der Waals surface area (Å²) >= 11 is 2.82. The molecule has 11 heteroatoms. The van der Waals surface area contributed by atoms with Crippen LogP contribution in [0.3, 0.4) is 0 Å². The van der Waals surface area contributed by atoms with E-state index in [1.807, 2.05) is 73.5 Å². The van der Waals surface area contributed by atoms with E-state index in [0.29, 0.717) is 40.1 Å². The Hall–Kier alpha value is -4.40.